The number of benzene rings is 4. The maximum Gasteiger partial charge on any atom is 0.264 e. The van der Waals surface area contributed by atoms with Gasteiger partial charge in [0.25, 0.3) is 10.0 Å². The van der Waals surface area contributed by atoms with Crippen molar-refractivity contribution >= 4 is 50.7 Å². The van der Waals surface area contributed by atoms with Gasteiger partial charge in [-0.1, -0.05) is 77.8 Å². The highest BCUT2D eigenvalue weighted by molar-refractivity contribution is 7.92. The Morgan fingerprint density at radius 2 is 1.40 bits per heavy atom. The number of ether oxygens (including phenoxy) is 2. The van der Waals surface area contributed by atoms with E-state index in [1.807, 2.05) is 44.2 Å². The number of carbonyl (C=O) groups excluding carboxylic acids is 2. The highest BCUT2D eigenvalue weighted by Crippen LogP contribution is 2.34. The molecule has 4 rings (SSSR count). The minimum absolute atomic E-state index is 0.0262. The van der Waals surface area contributed by atoms with E-state index >= 15 is 0 Å². The Kier molecular flexibility index (Phi) is 12.1. The van der Waals surface area contributed by atoms with Crippen LogP contribution in [0.3, 0.4) is 0 Å². The molecule has 0 aliphatic heterocycles. The van der Waals surface area contributed by atoms with Gasteiger partial charge in [-0.05, 0) is 55.8 Å². The number of nitrogens with one attached hydrogen (secondary N) is 1. The average Bonchev–Trinajstić information content (AvgIpc) is 3.06. The normalized spacial score (nSPS) is 11.9. The van der Waals surface area contributed by atoms with Crippen LogP contribution in [0.15, 0.2) is 102 Å². The zero-order chi connectivity index (χ0) is 34.1. The van der Waals surface area contributed by atoms with Crippen LogP contribution in [0.2, 0.25) is 10.0 Å². The van der Waals surface area contributed by atoms with Crippen molar-refractivity contribution in [1.29, 1.82) is 0 Å². The Balaban J connectivity index is 1.87. The summed E-state index contributed by atoms with van der Waals surface area (Å²) >= 11 is 13.1. The van der Waals surface area contributed by atoms with Crippen LogP contribution < -0.4 is 19.1 Å². The number of halogens is 2. The molecule has 1 N–H and O–H groups in total. The molecule has 0 saturated carbocycles. The molecule has 0 saturated heterocycles. The van der Waals surface area contributed by atoms with E-state index in [9.17, 15) is 18.0 Å². The molecule has 2 amide bonds. The lowest BCUT2D eigenvalue weighted by Gasteiger charge is -2.34. The third kappa shape index (κ3) is 8.77. The lowest BCUT2D eigenvalue weighted by molar-refractivity contribution is -0.140. The van der Waals surface area contributed by atoms with Crippen molar-refractivity contribution in [2.24, 2.45) is 0 Å². The summed E-state index contributed by atoms with van der Waals surface area (Å²) in [4.78, 5) is 29.8. The Bertz CT molecular complexity index is 1770. The van der Waals surface area contributed by atoms with Crippen LogP contribution in [0, 0.1) is 0 Å². The Hall–Kier alpha value is -4.25. The van der Waals surface area contributed by atoms with Crippen molar-refractivity contribution in [3.05, 3.63) is 118 Å². The molecule has 1 atom stereocenters. The van der Waals surface area contributed by atoms with Crippen LogP contribution in [-0.2, 0) is 32.6 Å². The smallest absolute Gasteiger partial charge is 0.264 e. The van der Waals surface area contributed by atoms with E-state index in [0.29, 0.717) is 21.4 Å². The van der Waals surface area contributed by atoms with Gasteiger partial charge in [0.15, 0.2) is 11.5 Å². The van der Waals surface area contributed by atoms with E-state index in [1.165, 1.54) is 43.4 Å². The zero-order valence-electron chi connectivity index (χ0n) is 26.5. The third-order valence-corrected chi connectivity index (χ3v) is 9.85. The van der Waals surface area contributed by atoms with Crippen molar-refractivity contribution in [1.82, 2.24) is 10.2 Å². The minimum Gasteiger partial charge on any atom is -0.493 e. The first-order valence-corrected chi connectivity index (χ1v) is 17.0. The molecule has 4 aromatic rings. The fourth-order valence-corrected chi connectivity index (χ4v) is 6.96. The van der Waals surface area contributed by atoms with E-state index in [0.717, 1.165) is 9.87 Å². The van der Waals surface area contributed by atoms with Crippen molar-refractivity contribution < 1.29 is 27.5 Å². The number of methoxy groups -OCH3 is 2. The number of carbonyl (C=O) groups is 2. The molecule has 0 unspecified atom stereocenters. The molecule has 12 heteroatoms. The topological polar surface area (TPSA) is 105 Å². The van der Waals surface area contributed by atoms with Gasteiger partial charge in [-0.3, -0.25) is 13.9 Å². The second-order valence-corrected chi connectivity index (χ2v) is 13.6. The molecule has 0 heterocycles. The number of hydrogen-bond donors (Lipinski definition) is 1. The standard InChI is InChI=1S/C35H37Cl2N3O6S/c1-24(2)38-35(42)31(20-25-12-7-5-8-13-25)39(22-28-29(36)16-11-17-30(28)37)34(41)23-40(47(43,44)27-14-9-6-10-15-27)26-18-19-32(45-3)33(21-26)46-4/h5-19,21,24,31H,20,22-23H2,1-4H3,(H,38,42)/t31-/m0/s1. The molecular formula is C35H37Cl2N3O6S. The SMILES string of the molecule is COc1ccc(N(CC(=O)N(Cc2c(Cl)cccc2Cl)[C@@H](Cc2ccccc2)C(=O)NC(C)C)S(=O)(=O)c2ccccc2)cc1OC. The summed E-state index contributed by atoms with van der Waals surface area (Å²) in [6.45, 7) is 2.82. The van der Waals surface area contributed by atoms with Gasteiger partial charge in [0.1, 0.15) is 12.6 Å². The highest BCUT2D eigenvalue weighted by Gasteiger charge is 2.35. The van der Waals surface area contributed by atoms with E-state index in [2.05, 4.69) is 5.32 Å². The summed E-state index contributed by atoms with van der Waals surface area (Å²) in [5.41, 5.74) is 1.37. The lowest BCUT2D eigenvalue weighted by atomic mass is 10.0. The van der Waals surface area contributed by atoms with Crippen molar-refractivity contribution in [2.75, 3.05) is 25.1 Å². The molecule has 4 aromatic carbocycles. The number of anilines is 1. The van der Waals surface area contributed by atoms with Gasteiger partial charge in [0, 0.05) is 40.7 Å². The summed E-state index contributed by atoms with van der Waals surface area (Å²) < 4.78 is 40.2. The summed E-state index contributed by atoms with van der Waals surface area (Å²) in [6.07, 6.45) is 0.148. The highest BCUT2D eigenvalue weighted by atomic mass is 35.5. The first kappa shape index (κ1) is 35.6. The fraction of sp³-hybridized carbons (Fsp3) is 0.257. The van der Waals surface area contributed by atoms with Gasteiger partial charge < -0.3 is 19.7 Å². The molecule has 0 fully saturated rings. The number of amides is 2. The van der Waals surface area contributed by atoms with Crippen LogP contribution in [0.1, 0.15) is 25.0 Å². The van der Waals surface area contributed by atoms with Gasteiger partial charge in [-0.25, -0.2) is 8.42 Å². The zero-order valence-corrected chi connectivity index (χ0v) is 28.9. The molecule has 248 valence electrons. The van der Waals surface area contributed by atoms with Crippen LogP contribution in [-0.4, -0.2) is 58.0 Å². The summed E-state index contributed by atoms with van der Waals surface area (Å²) in [5.74, 6) is -0.425. The summed E-state index contributed by atoms with van der Waals surface area (Å²) in [6, 6.07) is 25.3. The van der Waals surface area contributed by atoms with Gasteiger partial charge in [0.05, 0.1) is 24.8 Å². The number of nitrogens with zero attached hydrogens (tertiary/aromatic N) is 2. The quantitative estimate of drug-likeness (QED) is 0.164. The molecule has 0 aromatic heterocycles. The number of hydrogen-bond acceptors (Lipinski definition) is 6. The van der Waals surface area contributed by atoms with E-state index in [4.69, 9.17) is 32.7 Å². The molecule has 0 aliphatic carbocycles. The Morgan fingerprint density at radius 1 is 0.809 bits per heavy atom. The third-order valence-electron chi connectivity index (χ3n) is 7.36. The van der Waals surface area contributed by atoms with Gasteiger partial charge in [-0.15, -0.1) is 0 Å². The Labute approximate surface area is 286 Å². The summed E-state index contributed by atoms with van der Waals surface area (Å²) in [7, 11) is -1.41. The lowest BCUT2D eigenvalue weighted by Crippen LogP contribution is -2.54. The first-order valence-electron chi connectivity index (χ1n) is 14.8. The fourth-order valence-electron chi connectivity index (χ4n) is 5.02. The summed E-state index contributed by atoms with van der Waals surface area (Å²) in [5, 5.41) is 3.52. The second-order valence-electron chi connectivity index (χ2n) is 11.0. The predicted octanol–water partition coefficient (Wildman–Crippen LogP) is 6.37. The first-order chi connectivity index (χ1) is 22.5. The van der Waals surface area contributed by atoms with Crippen molar-refractivity contribution in [3.63, 3.8) is 0 Å². The van der Waals surface area contributed by atoms with Gasteiger partial charge >= 0.3 is 0 Å². The van der Waals surface area contributed by atoms with E-state index < -0.39 is 34.4 Å². The molecule has 0 radical (unpaired) electrons. The molecule has 47 heavy (non-hydrogen) atoms. The minimum atomic E-state index is -4.30. The largest absolute Gasteiger partial charge is 0.493 e. The maximum atomic E-state index is 14.6. The van der Waals surface area contributed by atoms with Crippen LogP contribution >= 0.6 is 23.2 Å². The van der Waals surface area contributed by atoms with Crippen LogP contribution in [0.25, 0.3) is 0 Å². The average molecular weight is 699 g/mol. The number of rotatable bonds is 14. The van der Waals surface area contributed by atoms with Gasteiger partial charge in [-0.2, -0.15) is 0 Å². The molecule has 9 nitrogen and oxygen atoms in total. The van der Waals surface area contributed by atoms with Crippen LogP contribution in [0.4, 0.5) is 5.69 Å². The molecular weight excluding hydrogens is 661 g/mol. The Morgan fingerprint density at radius 3 is 1.98 bits per heavy atom. The van der Waals surface area contributed by atoms with E-state index in [1.54, 1.807) is 42.5 Å². The van der Waals surface area contributed by atoms with Gasteiger partial charge in [0.2, 0.25) is 11.8 Å². The maximum absolute atomic E-state index is 14.6. The molecule has 0 aliphatic rings. The van der Waals surface area contributed by atoms with Crippen molar-refractivity contribution in [2.45, 2.75) is 43.8 Å². The van der Waals surface area contributed by atoms with Crippen LogP contribution in [0.5, 0.6) is 11.5 Å². The molecule has 0 spiro atoms. The number of sulfonamides is 1. The van der Waals surface area contributed by atoms with Crippen molar-refractivity contribution in [3.8, 4) is 11.5 Å². The van der Waals surface area contributed by atoms with E-state index in [-0.39, 0.29) is 35.3 Å². The molecule has 0 bridgehead atoms. The predicted molar refractivity (Wildman–Crippen MR) is 185 cm³/mol. The monoisotopic (exact) mass is 697 g/mol. The second kappa shape index (κ2) is 16.0.